The van der Waals surface area contributed by atoms with Crippen LogP contribution in [0.5, 0.6) is 5.75 Å². The van der Waals surface area contributed by atoms with Crippen molar-refractivity contribution in [2.24, 2.45) is 0 Å². The Bertz CT molecular complexity index is 718. The van der Waals surface area contributed by atoms with E-state index in [4.69, 9.17) is 9.47 Å². The van der Waals surface area contributed by atoms with E-state index in [1.807, 2.05) is 30.3 Å². The minimum Gasteiger partial charge on any atom is -0.496 e. The van der Waals surface area contributed by atoms with Gasteiger partial charge in [-0.25, -0.2) is 13.6 Å². The first-order chi connectivity index (χ1) is 11.6. The second kappa shape index (κ2) is 8.67. The molecule has 0 saturated carbocycles. The highest BCUT2D eigenvalue weighted by Gasteiger charge is 2.08. The van der Waals surface area contributed by atoms with Crippen molar-refractivity contribution in [3.8, 4) is 5.75 Å². The van der Waals surface area contributed by atoms with Crippen LogP contribution in [0.15, 0.2) is 48.5 Å². The number of carbonyl (C=O) groups excluding carboxylic acids is 1. The van der Waals surface area contributed by atoms with Crippen LogP contribution < -0.4 is 10.1 Å². The Labute approximate surface area is 138 Å². The third kappa shape index (κ3) is 5.08. The molecule has 0 spiro atoms. The van der Waals surface area contributed by atoms with E-state index in [1.165, 1.54) is 13.2 Å². The first-order valence-electron chi connectivity index (χ1n) is 7.24. The number of hydrogen-bond acceptors (Lipinski definition) is 3. The Morgan fingerprint density at radius 2 is 1.88 bits per heavy atom. The zero-order valence-corrected chi connectivity index (χ0v) is 13.1. The third-order valence-corrected chi connectivity index (χ3v) is 3.15. The van der Waals surface area contributed by atoms with Gasteiger partial charge in [0, 0.05) is 18.2 Å². The van der Waals surface area contributed by atoms with Gasteiger partial charge in [-0.05, 0) is 11.6 Å². The van der Waals surface area contributed by atoms with Gasteiger partial charge < -0.3 is 14.8 Å². The average Bonchev–Trinajstić information content (AvgIpc) is 2.60. The molecular weight excluding hydrogens is 316 g/mol. The summed E-state index contributed by atoms with van der Waals surface area (Å²) < 4.78 is 36.4. The largest absolute Gasteiger partial charge is 0.496 e. The standard InChI is InChI=1S/C18H17F2NO3/c1-23-17-11-16(20)15(19)10-14(17)8-5-9-21-18(22)24-12-13-6-3-2-4-7-13/h2-8,10-11H,9,12H2,1H3,(H,21,22). The minimum absolute atomic E-state index is 0.174. The highest BCUT2D eigenvalue weighted by molar-refractivity contribution is 5.67. The van der Waals surface area contributed by atoms with Gasteiger partial charge in [0.2, 0.25) is 0 Å². The second-order valence-electron chi connectivity index (χ2n) is 4.85. The van der Waals surface area contributed by atoms with Crippen molar-refractivity contribution in [1.82, 2.24) is 5.32 Å². The van der Waals surface area contributed by atoms with E-state index < -0.39 is 17.7 Å². The molecule has 126 valence electrons. The van der Waals surface area contributed by atoms with Crippen LogP contribution in [0.3, 0.4) is 0 Å². The van der Waals surface area contributed by atoms with Gasteiger partial charge in [0.05, 0.1) is 7.11 Å². The maximum absolute atomic E-state index is 13.2. The van der Waals surface area contributed by atoms with Gasteiger partial charge in [-0.15, -0.1) is 0 Å². The fourth-order valence-corrected chi connectivity index (χ4v) is 1.95. The Morgan fingerprint density at radius 1 is 1.17 bits per heavy atom. The van der Waals surface area contributed by atoms with E-state index in [9.17, 15) is 13.6 Å². The molecule has 1 amide bonds. The SMILES string of the molecule is COc1cc(F)c(F)cc1C=CCNC(=O)OCc1ccccc1. The van der Waals surface area contributed by atoms with E-state index in [1.54, 1.807) is 6.08 Å². The summed E-state index contributed by atoms with van der Waals surface area (Å²) in [5.74, 6) is -1.74. The number of ether oxygens (including phenoxy) is 2. The molecule has 2 aromatic rings. The number of benzene rings is 2. The van der Waals surface area contributed by atoms with Gasteiger partial charge in [0.1, 0.15) is 12.4 Å². The predicted molar refractivity (Wildman–Crippen MR) is 86.6 cm³/mol. The molecule has 0 aliphatic carbocycles. The molecule has 0 aliphatic rings. The first-order valence-corrected chi connectivity index (χ1v) is 7.24. The summed E-state index contributed by atoms with van der Waals surface area (Å²) in [6.45, 7) is 0.350. The van der Waals surface area contributed by atoms with Crippen molar-refractivity contribution in [2.45, 2.75) is 6.61 Å². The van der Waals surface area contributed by atoms with Crippen LogP contribution in [0.4, 0.5) is 13.6 Å². The van der Waals surface area contributed by atoms with Crippen molar-refractivity contribution >= 4 is 12.2 Å². The highest BCUT2D eigenvalue weighted by Crippen LogP contribution is 2.23. The maximum Gasteiger partial charge on any atom is 0.407 e. The van der Waals surface area contributed by atoms with Crippen LogP contribution in [-0.2, 0) is 11.3 Å². The predicted octanol–water partition coefficient (Wildman–Crippen LogP) is 3.91. The number of nitrogens with one attached hydrogen (secondary N) is 1. The molecule has 6 heteroatoms. The Morgan fingerprint density at radius 3 is 2.58 bits per heavy atom. The molecule has 0 saturated heterocycles. The average molecular weight is 333 g/mol. The molecule has 0 unspecified atom stereocenters. The van der Waals surface area contributed by atoms with Crippen LogP contribution in [0.25, 0.3) is 6.08 Å². The molecule has 24 heavy (non-hydrogen) atoms. The minimum atomic E-state index is -0.980. The monoisotopic (exact) mass is 333 g/mol. The van der Waals surface area contributed by atoms with Crippen LogP contribution in [0.2, 0.25) is 0 Å². The summed E-state index contributed by atoms with van der Waals surface area (Å²) in [5.41, 5.74) is 1.26. The number of amides is 1. The molecule has 0 bridgehead atoms. The number of methoxy groups -OCH3 is 1. The van der Waals surface area contributed by atoms with Gasteiger partial charge >= 0.3 is 6.09 Å². The number of hydrogen-bond donors (Lipinski definition) is 1. The first kappa shape index (κ1) is 17.5. The van der Waals surface area contributed by atoms with Gasteiger partial charge in [-0.1, -0.05) is 42.5 Å². The molecule has 0 aromatic heterocycles. The van der Waals surface area contributed by atoms with E-state index in [-0.39, 0.29) is 18.9 Å². The van der Waals surface area contributed by atoms with Crippen LogP contribution >= 0.6 is 0 Å². The van der Waals surface area contributed by atoms with Crippen molar-refractivity contribution in [1.29, 1.82) is 0 Å². The zero-order chi connectivity index (χ0) is 17.4. The van der Waals surface area contributed by atoms with Crippen LogP contribution in [-0.4, -0.2) is 19.7 Å². The van der Waals surface area contributed by atoms with E-state index in [0.29, 0.717) is 5.56 Å². The Balaban J connectivity index is 1.82. The van der Waals surface area contributed by atoms with Crippen molar-refractivity contribution in [3.63, 3.8) is 0 Å². The normalized spacial score (nSPS) is 10.6. The molecule has 0 heterocycles. The fourth-order valence-electron chi connectivity index (χ4n) is 1.95. The molecule has 2 aromatic carbocycles. The molecule has 1 N–H and O–H groups in total. The zero-order valence-electron chi connectivity index (χ0n) is 13.1. The third-order valence-electron chi connectivity index (χ3n) is 3.15. The summed E-state index contributed by atoms with van der Waals surface area (Å²) in [6, 6.07) is 11.3. The molecule has 4 nitrogen and oxygen atoms in total. The highest BCUT2D eigenvalue weighted by atomic mass is 19.2. The summed E-state index contributed by atoms with van der Waals surface area (Å²) in [5, 5.41) is 2.53. The summed E-state index contributed by atoms with van der Waals surface area (Å²) >= 11 is 0. The smallest absolute Gasteiger partial charge is 0.407 e. The van der Waals surface area contributed by atoms with Gasteiger partial charge in [-0.3, -0.25) is 0 Å². The van der Waals surface area contributed by atoms with Gasteiger partial charge in [0.25, 0.3) is 0 Å². The van der Waals surface area contributed by atoms with E-state index in [2.05, 4.69) is 5.32 Å². The fraction of sp³-hybridized carbons (Fsp3) is 0.167. The van der Waals surface area contributed by atoms with E-state index >= 15 is 0 Å². The van der Waals surface area contributed by atoms with Gasteiger partial charge in [-0.2, -0.15) is 0 Å². The molecule has 0 radical (unpaired) electrons. The topological polar surface area (TPSA) is 47.6 Å². The molecule has 0 aliphatic heterocycles. The van der Waals surface area contributed by atoms with Crippen LogP contribution in [0, 0.1) is 11.6 Å². The number of rotatable bonds is 6. The Kier molecular flexibility index (Phi) is 6.31. The maximum atomic E-state index is 13.2. The summed E-state index contributed by atoms with van der Waals surface area (Å²) in [6.07, 6.45) is 2.54. The lowest BCUT2D eigenvalue weighted by Gasteiger charge is -2.06. The van der Waals surface area contributed by atoms with Crippen molar-refractivity contribution in [3.05, 3.63) is 71.3 Å². The van der Waals surface area contributed by atoms with Crippen molar-refractivity contribution < 1.29 is 23.0 Å². The number of halogens is 2. The lowest BCUT2D eigenvalue weighted by Crippen LogP contribution is -2.24. The van der Waals surface area contributed by atoms with E-state index in [0.717, 1.165) is 17.7 Å². The second-order valence-corrected chi connectivity index (χ2v) is 4.85. The summed E-state index contributed by atoms with van der Waals surface area (Å²) in [7, 11) is 1.36. The number of alkyl carbamates (subject to hydrolysis) is 1. The van der Waals surface area contributed by atoms with Crippen molar-refractivity contribution in [2.75, 3.05) is 13.7 Å². The van der Waals surface area contributed by atoms with Crippen LogP contribution in [0.1, 0.15) is 11.1 Å². The summed E-state index contributed by atoms with van der Waals surface area (Å²) in [4.78, 5) is 11.5. The number of carbonyl (C=O) groups is 1. The lowest BCUT2D eigenvalue weighted by atomic mass is 10.1. The molecule has 0 atom stereocenters. The molecular formula is C18H17F2NO3. The quantitative estimate of drug-likeness (QED) is 0.872. The van der Waals surface area contributed by atoms with Gasteiger partial charge in [0.15, 0.2) is 11.6 Å². The lowest BCUT2D eigenvalue weighted by molar-refractivity contribution is 0.141. The molecule has 0 fully saturated rings. The molecule has 2 rings (SSSR count). The Hall–Kier alpha value is -2.89.